The van der Waals surface area contributed by atoms with Crippen LogP contribution in [0.4, 0.5) is 0 Å². The van der Waals surface area contributed by atoms with Crippen LogP contribution >= 0.6 is 0 Å². The molecule has 0 aliphatic carbocycles. The number of piperidine rings is 2. The van der Waals surface area contributed by atoms with E-state index in [1.165, 1.54) is 0 Å². The monoisotopic (exact) mass is 305 g/mol. The molecule has 2 fully saturated rings. The second-order valence-corrected chi connectivity index (χ2v) is 7.72. The summed E-state index contributed by atoms with van der Waals surface area (Å²) in [4.78, 5) is 0. The third-order valence-electron chi connectivity index (χ3n) is 4.40. The number of ether oxygens (including phenoxy) is 1. The van der Waals surface area contributed by atoms with Gasteiger partial charge in [-0.25, -0.2) is 4.72 Å². The van der Waals surface area contributed by atoms with E-state index in [0.717, 1.165) is 45.2 Å². The molecular formula is C13H27N3O3S. The molecule has 2 heterocycles. The van der Waals surface area contributed by atoms with E-state index < -0.39 is 10.2 Å². The lowest BCUT2D eigenvalue weighted by molar-refractivity contribution is 0.0573. The summed E-state index contributed by atoms with van der Waals surface area (Å²) in [5.41, 5.74) is -0.0666. The standard InChI is InChI=1S/C13H27N3O3S/c1-19-12-13(5-7-14-8-6-13)11-15-20(17,18)16-9-3-2-4-10-16/h14-15H,2-12H2,1H3. The van der Waals surface area contributed by atoms with Gasteiger partial charge in [0.2, 0.25) is 0 Å². The third kappa shape index (κ3) is 4.14. The molecule has 118 valence electrons. The van der Waals surface area contributed by atoms with Crippen LogP contribution in [0.2, 0.25) is 0 Å². The number of hydrogen-bond acceptors (Lipinski definition) is 4. The van der Waals surface area contributed by atoms with Crippen molar-refractivity contribution in [1.29, 1.82) is 0 Å². The van der Waals surface area contributed by atoms with Crippen molar-refractivity contribution >= 4 is 10.2 Å². The topological polar surface area (TPSA) is 70.7 Å². The van der Waals surface area contributed by atoms with Crippen molar-refractivity contribution in [3.8, 4) is 0 Å². The molecule has 0 bridgehead atoms. The molecule has 0 spiro atoms. The molecule has 2 rings (SSSR count). The smallest absolute Gasteiger partial charge is 0.279 e. The molecule has 0 aromatic carbocycles. The lowest BCUT2D eigenvalue weighted by Gasteiger charge is -2.38. The molecule has 2 saturated heterocycles. The Kier molecular flexibility index (Phi) is 5.80. The van der Waals surface area contributed by atoms with Crippen LogP contribution in [0.25, 0.3) is 0 Å². The third-order valence-corrected chi connectivity index (χ3v) is 5.95. The van der Waals surface area contributed by atoms with Crippen molar-refractivity contribution in [2.24, 2.45) is 5.41 Å². The SMILES string of the molecule is COCC1(CNS(=O)(=O)N2CCCCC2)CCNCC1. The minimum Gasteiger partial charge on any atom is -0.384 e. The fraction of sp³-hybridized carbons (Fsp3) is 1.00. The molecule has 0 saturated carbocycles. The molecule has 0 amide bonds. The molecule has 0 aromatic rings. The van der Waals surface area contributed by atoms with Gasteiger partial charge in [0, 0.05) is 32.2 Å². The van der Waals surface area contributed by atoms with Gasteiger partial charge in [-0.2, -0.15) is 12.7 Å². The zero-order valence-corrected chi connectivity index (χ0v) is 13.2. The first kappa shape index (κ1) is 16.2. The predicted octanol–water partition coefficient (Wildman–Crippen LogP) is 0.323. The Morgan fingerprint density at radius 3 is 2.45 bits per heavy atom. The van der Waals surface area contributed by atoms with E-state index in [4.69, 9.17) is 4.74 Å². The first-order chi connectivity index (χ1) is 9.58. The zero-order chi connectivity index (χ0) is 14.5. The van der Waals surface area contributed by atoms with Crippen molar-refractivity contribution in [2.75, 3.05) is 46.4 Å². The average molecular weight is 305 g/mol. The first-order valence-corrected chi connectivity index (χ1v) is 8.96. The first-order valence-electron chi connectivity index (χ1n) is 7.52. The van der Waals surface area contributed by atoms with Crippen molar-refractivity contribution in [3.05, 3.63) is 0 Å². The van der Waals surface area contributed by atoms with E-state index in [0.29, 0.717) is 26.2 Å². The second kappa shape index (κ2) is 7.17. The minimum atomic E-state index is -3.33. The van der Waals surface area contributed by atoms with Crippen molar-refractivity contribution in [2.45, 2.75) is 32.1 Å². The number of rotatable bonds is 6. The Morgan fingerprint density at radius 1 is 1.20 bits per heavy atom. The fourth-order valence-corrected chi connectivity index (χ4v) is 4.49. The molecular weight excluding hydrogens is 278 g/mol. The zero-order valence-electron chi connectivity index (χ0n) is 12.4. The molecule has 0 atom stereocenters. The predicted molar refractivity (Wildman–Crippen MR) is 78.8 cm³/mol. The highest BCUT2D eigenvalue weighted by Crippen LogP contribution is 2.28. The summed E-state index contributed by atoms with van der Waals surface area (Å²) in [5.74, 6) is 0. The van der Waals surface area contributed by atoms with E-state index in [1.807, 2.05) is 0 Å². The van der Waals surface area contributed by atoms with Gasteiger partial charge in [-0.15, -0.1) is 0 Å². The van der Waals surface area contributed by atoms with Crippen LogP contribution in [0.1, 0.15) is 32.1 Å². The largest absolute Gasteiger partial charge is 0.384 e. The number of hydrogen-bond donors (Lipinski definition) is 2. The van der Waals surface area contributed by atoms with Gasteiger partial charge in [-0.05, 0) is 38.8 Å². The van der Waals surface area contributed by atoms with Crippen LogP contribution in [-0.2, 0) is 14.9 Å². The highest BCUT2D eigenvalue weighted by Gasteiger charge is 2.34. The molecule has 2 aliphatic heterocycles. The number of nitrogens with one attached hydrogen (secondary N) is 2. The highest BCUT2D eigenvalue weighted by atomic mass is 32.2. The maximum atomic E-state index is 12.3. The summed E-state index contributed by atoms with van der Waals surface area (Å²) < 4.78 is 34.4. The van der Waals surface area contributed by atoms with E-state index in [1.54, 1.807) is 11.4 Å². The highest BCUT2D eigenvalue weighted by molar-refractivity contribution is 7.87. The van der Waals surface area contributed by atoms with E-state index in [-0.39, 0.29) is 5.41 Å². The second-order valence-electron chi connectivity index (χ2n) is 5.97. The van der Waals surface area contributed by atoms with Crippen LogP contribution in [0.5, 0.6) is 0 Å². The molecule has 2 aliphatic rings. The van der Waals surface area contributed by atoms with Crippen molar-refractivity contribution in [3.63, 3.8) is 0 Å². The Balaban J connectivity index is 1.93. The van der Waals surface area contributed by atoms with Crippen LogP contribution in [0.3, 0.4) is 0 Å². The van der Waals surface area contributed by atoms with Gasteiger partial charge in [-0.1, -0.05) is 6.42 Å². The quantitative estimate of drug-likeness (QED) is 0.741. The summed E-state index contributed by atoms with van der Waals surface area (Å²) in [5, 5.41) is 3.32. The minimum absolute atomic E-state index is 0.0666. The van der Waals surface area contributed by atoms with Gasteiger partial charge in [0.25, 0.3) is 10.2 Å². The van der Waals surface area contributed by atoms with Crippen molar-refractivity contribution < 1.29 is 13.2 Å². The Labute approximate surface area is 122 Å². The number of methoxy groups -OCH3 is 1. The fourth-order valence-electron chi connectivity index (χ4n) is 3.08. The van der Waals surface area contributed by atoms with Gasteiger partial charge in [-0.3, -0.25) is 0 Å². The Hall–Kier alpha value is -0.210. The molecule has 7 heteroatoms. The molecule has 20 heavy (non-hydrogen) atoms. The van der Waals surface area contributed by atoms with E-state index in [2.05, 4.69) is 10.0 Å². The summed E-state index contributed by atoms with van der Waals surface area (Å²) >= 11 is 0. The summed E-state index contributed by atoms with van der Waals surface area (Å²) in [6.45, 7) is 4.23. The maximum absolute atomic E-state index is 12.3. The van der Waals surface area contributed by atoms with Gasteiger partial charge in [0.1, 0.15) is 0 Å². The molecule has 6 nitrogen and oxygen atoms in total. The molecule has 2 N–H and O–H groups in total. The molecule has 0 radical (unpaired) electrons. The Bertz CT molecular complexity index is 382. The van der Waals surface area contributed by atoms with Crippen LogP contribution in [0.15, 0.2) is 0 Å². The lowest BCUT2D eigenvalue weighted by atomic mass is 9.80. The molecule has 0 aromatic heterocycles. The summed E-state index contributed by atoms with van der Waals surface area (Å²) in [6.07, 6.45) is 4.96. The van der Waals surface area contributed by atoms with Gasteiger partial charge in [0.15, 0.2) is 0 Å². The number of nitrogens with zero attached hydrogens (tertiary/aromatic N) is 1. The normalized spacial score (nSPS) is 24.6. The summed E-state index contributed by atoms with van der Waals surface area (Å²) in [7, 11) is -1.65. The van der Waals surface area contributed by atoms with Gasteiger partial charge in [0.05, 0.1) is 6.61 Å². The van der Waals surface area contributed by atoms with Crippen LogP contribution in [-0.4, -0.2) is 59.2 Å². The maximum Gasteiger partial charge on any atom is 0.279 e. The van der Waals surface area contributed by atoms with Crippen molar-refractivity contribution in [1.82, 2.24) is 14.3 Å². The van der Waals surface area contributed by atoms with Crippen LogP contribution in [0, 0.1) is 5.41 Å². The lowest BCUT2D eigenvalue weighted by Crippen LogP contribution is -2.51. The average Bonchev–Trinajstić information content (AvgIpc) is 2.48. The summed E-state index contributed by atoms with van der Waals surface area (Å²) in [6, 6.07) is 0. The van der Waals surface area contributed by atoms with Crippen LogP contribution < -0.4 is 10.0 Å². The molecule has 0 unspecified atom stereocenters. The van der Waals surface area contributed by atoms with Gasteiger partial charge < -0.3 is 10.1 Å². The van der Waals surface area contributed by atoms with Gasteiger partial charge >= 0.3 is 0 Å². The Morgan fingerprint density at radius 2 is 1.85 bits per heavy atom. The van der Waals surface area contributed by atoms with E-state index in [9.17, 15) is 8.42 Å². The van der Waals surface area contributed by atoms with E-state index >= 15 is 0 Å².